The first kappa shape index (κ1) is 17.2. The van der Waals surface area contributed by atoms with E-state index in [4.69, 9.17) is 11.6 Å². The van der Waals surface area contributed by atoms with Crippen molar-refractivity contribution in [2.24, 2.45) is 5.92 Å². The molecular formula is C18H22ClN3OS. The van der Waals surface area contributed by atoms with Crippen molar-refractivity contribution in [1.29, 1.82) is 0 Å². The van der Waals surface area contributed by atoms with Crippen LogP contribution in [0.25, 0.3) is 0 Å². The molecule has 3 rings (SSSR count). The first-order valence-corrected chi connectivity index (χ1v) is 9.57. The van der Waals surface area contributed by atoms with Gasteiger partial charge in [0, 0.05) is 17.0 Å². The van der Waals surface area contributed by atoms with Crippen LogP contribution in [0.3, 0.4) is 0 Å². The number of aromatic nitrogens is 1. The Labute approximate surface area is 151 Å². The molecule has 0 spiro atoms. The Morgan fingerprint density at radius 2 is 2.08 bits per heavy atom. The SMILES string of the molecule is Cc1ccc(NC(=O)C2CCCCC2)c(NCc2cnc(Cl)s2)c1. The molecule has 1 aliphatic rings. The molecule has 1 saturated carbocycles. The fourth-order valence-corrected chi connectivity index (χ4v) is 3.98. The van der Waals surface area contributed by atoms with Gasteiger partial charge in [-0.2, -0.15) is 0 Å². The summed E-state index contributed by atoms with van der Waals surface area (Å²) >= 11 is 7.33. The van der Waals surface area contributed by atoms with Crippen LogP contribution in [-0.4, -0.2) is 10.9 Å². The van der Waals surface area contributed by atoms with Gasteiger partial charge in [0.05, 0.1) is 17.9 Å². The molecule has 0 aliphatic heterocycles. The molecule has 0 unspecified atom stereocenters. The van der Waals surface area contributed by atoms with E-state index < -0.39 is 0 Å². The molecule has 1 amide bonds. The van der Waals surface area contributed by atoms with Crippen LogP contribution in [0.5, 0.6) is 0 Å². The molecule has 0 radical (unpaired) electrons. The van der Waals surface area contributed by atoms with Crippen molar-refractivity contribution in [1.82, 2.24) is 4.98 Å². The van der Waals surface area contributed by atoms with E-state index in [0.29, 0.717) is 11.0 Å². The van der Waals surface area contributed by atoms with Crippen LogP contribution >= 0.6 is 22.9 Å². The highest BCUT2D eigenvalue weighted by Crippen LogP contribution is 2.29. The lowest BCUT2D eigenvalue weighted by Gasteiger charge is -2.22. The molecule has 24 heavy (non-hydrogen) atoms. The van der Waals surface area contributed by atoms with E-state index in [-0.39, 0.29) is 11.8 Å². The summed E-state index contributed by atoms with van der Waals surface area (Å²) in [6.45, 7) is 2.68. The highest BCUT2D eigenvalue weighted by Gasteiger charge is 2.21. The number of hydrogen-bond acceptors (Lipinski definition) is 4. The molecule has 1 aromatic carbocycles. The Hall–Kier alpha value is -1.59. The number of aryl methyl sites for hydroxylation is 1. The molecular weight excluding hydrogens is 342 g/mol. The average molecular weight is 364 g/mol. The van der Waals surface area contributed by atoms with Crippen LogP contribution in [0.1, 0.15) is 42.5 Å². The number of thiazole rings is 1. The second-order valence-electron chi connectivity index (χ2n) is 6.31. The van der Waals surface area contributed by atoms with Gasteiger partial charge < -0.3 is 10.6 Å². The van der Waals surface area contributed by atoms with E-state index >= 15 is 0 Å². The summed E-state index contributed by atoms with van der Waals surface area (Å²) in [7, 11) is 0. The number of anilines is 2. The number of carbonyl (C=O) groups is 1. The third-order valence-electron chi connectivity index (χ3n) is 4.39. The summed E-state index contributed by atoms with van der Waals surface area (Å²) in [6, 6.07) is 6.04. The lowest BCUT2D eigenvalue weighted by atomic mass is 9.88. The zero-order valence-corrected chi connectivity index (χ0v) is 15.3. The number of nitrogens with zero attached hydrogens (tertiary/aromatic N) is 1. The summed E-state index contributed by atoms with van der Waals surface area (Å²) in [4.78, 5) is 17.6. The van der Waals surface area contributed by atoms with E-state index in [0.717, 1.165) is 47.5 Å². The Balaban J connectivity index is 1.69. The van der Waals surface area contributed by atoms with Crippen molar-refractivity contribution in [3.63, 3.8) is 0 Å². The maximum absolute atomic E-state index is 12.5. The predicted octanol–water partition coefficient (Wildman–Crippen LogP) is 5.24. The average Bonchev–Trinajstić information content (AvgIpc) is 3.01. The maximum atomic E-state index is 12.5. The van der Waals surface area contributed by atoms with Crippen LogP contribution in [0.15, 0.2) is 24.4 Å². The number of carbonyl (C=O) groups excluding carboxylic acids is 1. The number of nitrogens with one attached hydrogen (secondary N) is 2. The molecule has 1 fully saturated rings. The Kier molecular flexibility index (Phi) is 5.74. The van der Waals surface area contributed by atoms with Crippen molar-refractivity contribution in [2.45, 2.75) is 45.6 Å². The highest BCUT2D eigenvalue weighted by atomic mass is 35.5. The first-order chi connectivity index (χ1) is 11.6. The minimum Gasteiger partial charge on any atom is -0.378 e. The molecule has 1 aromatic heterocycles. The van der Waals surface area contributed by atoms with E-state index in [1.54, 1.807) is 6.20 Å². The normalized spacial score (nSPS) is 15.2. The minimum atomic E-state index is 0.141. The molecule has 2 N–H and O–H groups in total. The zero-order valence-electron chi connectivity index (χ0n) is 13.8. The molecule has 128 valence electrons. The zero-order chi connectivity index (χ0) is 16.9. The lowest BCUT2D eigenvalue weighted by molar-refractivity contribution is -0.120. The van der Waals surface area contributed by atoms with Crippen molar-refractivity contribution in [3.05, 3.63) is 39.3 Å². The highest BCUT2D eigenvalue weighted by molar-refractivity contribution is 7.15. The largest absolute Gasteiger partial charge is 0.378 e. The van der Waals surface area contributed by atoms with Crippen LogP contribution in [0.4, 0.5) is 11.4 Å². The molecule has 0 atom stereocenters. The van der Waals surface area contributed by atoms with Crippen LogP contribution in [0.2, 0.25) is 4.47 Å². The van der Waals surface area contributed by atoms with Crippen LogP contribution in [0, 0.1) is 12.8 Å². The Bertz CT molecular complexity index is 710. The van der Waals surface area contributed by atoms with Crippen molar-refractivity contribution in [3.8, 4) is 0 Å². The lowest BCUT2D eigenvalue weighted by Crippen LogP contribution is -2.25. The third-order valence-corrected chi connectivity index (χ3v) is 5.50. The van der Waals surface area contributed by atoms with E-state index in [1.165, 1.54) is 17.8 Å². The minimum absolute atomic E-state index is 0.141. The van der Waals surface area contributed by atoms with Gasteiger partial charge in [-0.1, -0.05) is 36.9 Å². The summed E-state index contributed by atoms with van der Waals surface area (Å²) in [5, 5.41) is 6.50. The second kappa shape index (κ2) is 7.99. The summed E-state index contributed by atoms with van der Waals surface area (Å²) in [5.74, 6) is 0.288. The predicted molar refractivity (Wildman–Crippen MR) is 101 cm³/mol. The van der Waals surface area contributed by atoms with Gasteiger partial charge in [-0.3, -0.25) is 4.79 Å². The number of rotatable bonds is 5. The van der Waals surface area contributed by atoms with Gasteiger partial charge >= 0.3 is 0 Å². The van der Waals surface area contributed by atoms with E-state index in [2.05, 4.69) is 21.7 Å². The van der Waals surface area contributed by atoms with Gasteiger partial charge in [0.15, 0.2) is 4.47 Å². The standard InChI is InChI=1S/C18H22ClN3OS/c1-12-7-8-15(22-17(23)13-5-3-2-4-6-13)16(9-12)20-10-14-11-21-18(19)24-14/h7-9,11,13,20H,2-6,10H2,1H3,(H,22,23). The van der Waals surface area contributed by atoms with Gasteiger partial charge in [0.25, 0.3) is 0 Å². The number of amides is 1. The first-order valence-electron chi connectivity index (χ1n) is 8.37. The Morgan fingerprint density at radius 1 is 1.29 bits per heavy atom. The van der Waals surface area contributed by atoms with Gasteiger partial charge in [-0.25, -0.2) is 4.98 Å². The Morgan fingerprint density at radius 3 is 2.79 bits per heavy atom. The molecule has 1 aliphatic carbocycles. The van der Waals surface area contributed by atoms with Crippen LogP contribution in [-0.2, 0) is 11.3 Å². The quantitative estimate of drug-likeness (QED) is 0.764. The number of halogens is 1. The summed E-state index contributed by atoms with van der Waals surface area (Å²) in [5.41, 5.74) is 2.92. The van der Waals surface area contributed by atoms with E-state index in [1.807, 2.05) is 19.1 Å². The monoisotopic (exact) mass is 363 g/mol. The third kappa shape index (κ3) is 4.48. The maximum Gasteiger partial charge on any atom is 0.227 e. The molecule has 6 heteroatoms. The summed E-state index contributed by atoms with van der Waals surface area (Å²) in [6.07, 6.45) is 7.33. The van der Waals surface area contributed by atoms with Gasteiger partial charge in [0.2, 0.25) is 5.91 Å². The molecule has 2 aromatic rings. The van der Waals surface area contributed by atoms with E-state index in [9.17, 15) is 4.79 Å². The van der Waals surface area contributed by atoms with Gasteiger partial charge in [0.1, 0.15) is 0 Å². The van der Waals surface area contributed by atoms with Gasteiger partial charge in [-0.05, 0) is 37.5 Å². The topological polar surface area (TPSA) is 54.0 Å². The fraction of sp³-hybridized carbons (Fsp3) is 0.444. The molecule has 4 nitrogen and oxygen atoms in total. The van der Waals surface area contributed by atoms with Crippen molar-refractivity contribution in [2.75, 3.05) is 10.6 Å². The molecule has 0 saturated heterocycles. The van der Waals surface area contributed by atoms with Gasteiger partial charge in [-0.15, -0.1) is 11.3 Å². The molecule has 0 bridgehead atoms. The smallest absolute Gasteiger partial charge is 0.227 e. The van der Waals surface area contributed by atoms with Crippen molar-refractivity contribution < 1.29 is 4.79 Å². The molecule has 1 heterocycles. The number of hydrogen-bond donors (Lipinski definition) is 2. The van der Waals surface area contributed by atoms with Crippen LogP contribution < -0.4 is 10.6 Å². The summed E-state index contributed by atoms with van der Waals surface area (Å²) < 4.78 is 0.543. The number of benzene rings is 1. The second-order valence-corrected chi connectivity index (χ2v) is 8.00. The van der Waals surface area contributed by atoms with Crippen molar-refractivity contribution >= 4 is 40.2 Å². The fourth-order valence-electron chi connectivity index (χ4n) is 3.06.